The Kier molecular flexibility index (Phi) is 22.5. The lowest BCUT2D eigenvalue weighted by Gasteiger charge is -2.07. The quantitative estimate of drug-likeness (QED) is 0.0838. The Balaban J connectivity index is 2.00. The van der Waals surface area contributed by atoms with Gasteiger partial charge in [0, 0.05) is 0 Å². The summed E-state index contributed by atoms with van der Waals surface area (Å²) >= 11 is 0. The van der Waals surface area contributed by atoms with Gasteiger partial charge in [0.05, 0.1) is 24.3 Å². The molecule has 1 aromatic carbocycles. The van der Waals surface area contributed by atoms with E-state index in [0.29, 0.717) is 24.3 Å². The van der Waals surface area contributed by atoms with Gasteiger partial charge in [-0.1, -0.05) is 143 Å². The summed E-state index contributed by atoms with van der Waals surface area (Å²) in [5.74, 6) is 1.01. The van der Waals surface area contributed by atoms with Crippen molar-refractivity contribution in [2.45, 2.75) is 156 Å². The van der Waals surface area contributed by atoms with Gasteiger partial charge in [0.2, 0.25) is 0 Å². The first-order valence-corrected chi connectivity index (χ1v) is 16.8. The van der Waals surface area contributed by atoms with E-state index in [9.17, 15) is 9.59 Å². The molecule has 4 heteroatoms. The summed E-state index contributed by atoms with van der Waals surface area (Å²) in [7, 11) is 0. The first-order chi connectivity index (χ1) is 19.4. The minimum Gasteiger partial charge on any atom is -0.462 e. The molecule has 1 rings (SSSR count). The maximum absolute atomic E-state index is 12.3. The Morgan fingerprint density at radius 1 is 0.450 bits per heavy atom. The molecule has 0 radical (unpaired) electrons. The molecule has 0 aliphatic rings. The second-order valence-electron chi connectivity index (χ2n) is 12.6. The highest BCUT2D eigenvalue weighted by molar-refractivity contribution is 5.93. The van der Waals surface area contributed by atoms with E-state index in [4.69, 9.17) is 9.47 Å². The van der Waals surface area contributed by atoms with Crippen LogP contribution in [0.15, 0.2) is 24.3 Å². The fourth-order valence-electron chi connectivity index (χ4n) is 5.02. The third-order valence-corrected chi connectivity index (χ3v) is 7.67. The largest absolute Gasteiger partial charge is 0.462 e. The molecule has 0 bridgehead atoms. The van der Waals surface area contributed by atoms with Crippen molar-refractivity contribution >= 4 is 11.9 Å². The van der Waals surface area contributed by atoms with E-state index in [0.717, 1.165) is 37.5 Å². The molecular weight excluding hydrogens is 496 g/mol. The first kappa shape index (κ1) is 36.2. The average molecular weight is 559 g/mol. The van der Waals surface area contributed by atoms with Crippen LogP contribution in [0.3, 0.4) is 0 Å². The molecule has 40 heavy (non-hydrogen) atoms. The van der Waals surface area contributed by atoms with Crippen LogP contribution in [0.25, 0.3) is 0 Å². The van der Waals surface area contributed by atoms with Crippen molar-refractivity contribution in [2.24, 2.45) is 11.8 Å². The van der Waals surface area contributed by atoms with E-state index in [2.05, 4.69) is 27.7 Å². The van der Waals surface area contributed by atoms with Gasteiger partial charge in [-0.15, -0.1) is 0 Å². The summed E-state index contributed by atoms with van der Waals surface area (Å²) in [6, 6.07) is 6.62. The summed E-state index contributed by atoms with van der Waals surface area (Å²) in [5.41, 5.74) is 0.961. The number of carbonyl (C=O) groups excluding carboxylic acids is 2. The van der Waals surface area contributed by atoms with E-state index >= 15 is 0 Å². The Bertz CT molecular complexity index is 675. The highest BCUT2D eigenvalue weighted by atomic mass is 16.5. The zero-order chi connectivity index (χ0) is 29.3. The number of esters is 2. The SMILES string of the molecule is CC(C)CCCCCCCCCCCOC(=O)c1ccc(C(=O)OCCCCCCCCCCCC(C)C)cc1. The number of unbranched alkanes of at least 4 members (excludes halogenated alkanes) is 16. The lowest BCUT2D eigenvalue weighted by Crippen LogP contribution is -2.09. The number of hydrogen-bond acceptors (Lipinski definition) is 4. The number of carbonyl (C=O) groups is 2. The summed E-state index contributed by atoms with van der Waals surface area (Å²) in [6.45, 7) is 10.1. The topological polar surface area (TPSA) is 52.6 Å². The fourth-order valence-corrected chi connectivity index (χ4v) is 5.02. The van der Waals surface area contributed by atoms with Crippen molar-refractivity contribution in [3.05, 3.63) is 35.4 Å². The summed E-state index contributed by atoms with van der Waals surface area (Å²) in [6.07, 6.45) is 25.2. The van der Waals surface area contributed by atoms with Crippen LogP contribution in [0.4, 0.5) is 0 Å². The van der Waals surface area contributed by atoms with E-state index < -0.39 is 0 Å². The monoisotopic (exact) mass is 558 g/mol. The molecule has 0 amide bonds. The molecule has 1 aromatic rings. The van der Waals surface area contributed by atoms with Crippen LogP contribution >= 0.6 is 0 Å². The van der Waals surface area contributed by atoms with Gasteiger partial charge in [-0.2, -0.15) is 0 Å². The molecule has 0 N–H and O–H groups in total. The molecule has 0 spiro atoms. The van der Waals surface area contributed by atoms with Gasteiger partial charge >= 0.3 is 11.9 Å². The van der Waals surface area contributed by atoms with Crippen molar-refractivity contribution in [3.63, 3.8) is 0 Å². The van der Waals surface area contributed by atoms with E-state index in [1.807, 2.05) is 0 Å². The predicted molar refractivity (Wildman–Crippen MR) is 169 cm³/mol. The van der Waals surface area contributed by atoms with Crippen LogP contribution in [0.1, 0.15) is 177 Å². The lowest BCUT2D eigenvalue weighted by molar-refractivity contribution is 0.0483. The number of hydrogen-bond donors (Lipinski definition) is 0. The van der Waals surface area contributed by atoms with Crippen molar-refractivity contribution in [1.29, 1.82) is 0 Å². The summed E-state index contributed by atoms with van der Waals surface area (Å²) in [5, 5.41) is 0. The van der Waals surface area contributed by atoms with Gasteiger partial charge in [0.25, 0.3) is 0 Å². The van der Waals surface area contributed by atoms with Gasteiger partial charge in [-0.3, -0.25) is 0 Å². The second-order valence-corrected chi connectivity index (χ2v) is 12.6. The fraction of sp³-hybridized carbons (Fsp3) is 0.778. The van der Waals surface area contributed by atoms with Gasteiger partial charge in [0.15, 0.2) is 0 Å². The van der Waals surface area contributed by atoms with Crippen LogP contribution in [0.5, 0.6) is 0 Å². The van der Waals surface area contributed by atoms with Crippen molar-refractivity contribution in [1.82, 2.24) is 0 Å². The zero-order valence-electron chi connectivity index (χ0n) is 26.7. The standard InChI is InChI=1S/C36H62O4/c1-31(2)23-19-15-11-7-5-9-13-17-21-29-39-35(37)33-25-27-34(28-26-33)36(38)40-30-22-18-14-10-6-8-12-16-20-24-32(3)4/h25-28,31-32H,5-24,29-30H2,1-4H3. The molecule has 4 nitrogen and oxygen atoms in total. The Morgan fingerprint density at radius 3 is 0.975 bits per heavy atom. The third-order valence-electron chi connectivity index (χ3n) is 7.67. The number of rotatable bonds is 26. The zero-order valence-corrected chi connectivity index (χ0v) is 26.7. The second kappa shape index (κ2) is 24.9. The molecule has 0 aromatic heterocycles. The van der Waals surface area contributed by atoms with Crippen molar-refractivity contribution in [3.8, 4) is 0 Å². The van der Waals surface area contributed by atoms with Gasteiger partial charge in [-0.05, 0) is 48.9 Å². The average Bonchev–Trinajstić information content (AvgIpc) is 2.93. The predicted octanol–water partition coefficient (Wildman–Crippen LogP) is 11.1. The summed E-state index contributed by atoms with van der Waals surface area (Å²) in [4.78, 5) is 24.6. The van der Waals surface area contributed by atoms with Crippen LogP contribution in [-0.2, 0) is 9.47 Å². The smallest absolute Gasteiger partial charge is 0.338 e. The molecule has 0 fully saturated rings. The minimum atomic E-state index is -0.322. The molecule has 0 aliphatic carbocycles. The van der Waals surface area contributed by atoms with Crippen molar-refractivity contribution < 1.29 is 19.1 Å². The Morgan fingerprint density at radius 2 is 0.700 bits per heavy atom. The third kappa shape index (κ3) is 21.0. The Hall–Kier alpha value is -1.84. The van der Waals surface area contributed by atoms with Gasteiger partial charge in [0.1, 0.15) is 0 Å². The normalized spacial score (nSPS) is 11.3. The van der Waals surface area contributed by atoms with E-state index in [1.165, 1.54) is 103 Å². The van der Waals surface area contributed by atoms with Crippen LogP contribution in [-0.4, -0.2) is 25.2 Å². The molecule has 0 heterocycles. The molecule has 0 atom stereocenters. The van der Waals surface area contributed by atoms with Crippen LogP contribution < -0.4 is 0 Å². The first-order valence-electron chi connectivity index (χ1n) is 16.8. The number of ether oxygens (including phenoxy) is 2. The molecule has 0 unspecified atom stereocenters. The van der Waals surface area contributed by atoms with Crippen molar-refractivity contribution in [2.75, 3.05) is 13.2 Å². The molecule has 0 saturated heterocycles. The highest BCUT2D eigenvalue weighted by Crippen LogP contribution is 2.15. The van der Waals surface area contributed by atoms with Gasteiger partial charge in [-0.25, -0.2) is 9.59 Å². The number of benzene rings is 1. The van der Waals surface area contributed by atoms with E-state index in [1.54, 1.807) is 24.3 Å². The molecule has 0 saturated carbocycles. The molecule has 0 aliphatic heterocycles. The summed E-state index contributed by atoms with van der Waals surface area (Å²) < 4.78 is 10.8. The Labute approximate surface area is 247 Å². The lowest BCUT2D eigenvalue weighted by atomic mass is 10.0. The van der Waals surface area contributed by atoms with Gasteiger partial charge < -0.3 is 9.47 Å². The van der Waals surface area contributed by atoms with Crippen LogP contribution in [0.2, 0.25) is 0 Å². The highest BCUT2D eigenvalue weighted by Gasteiger charge is 2.11. The molecular formula is C36H62O4. The van der Waals surface area contributed by atoms with Crippen LogP contribution in [0, 0.1) is 11.8 Å². The molecule has 230 valence electrons. The maximum Gasteiger partial charge on any atom is 0.338 e. The maximum atomic E-state index is 12.3. The van der Waals surface area contributed by atoms with E-state index in [-0.39, 0.29) is 11.9 Å². The minimum absolute atomic E-state index is 0.322.